The molecule has 0 bridgehead atoms. The summed E-state index contributed by atoms with van der Waals surface area (Å²) in [5.74, 6) is 0.950. The van der Waals surface area contributed by atoms with Crippen molar-refractivity contribution in [2.45, 2.75) is 32.7 Å². The highest BCUT2D eigenvalue weighted by molar-refractivity contribution is 5.63. The first kappa shape index (κ1) is 15.6. The van der Waals surface area contributed by atoms with Crippen molar-refractivity contribution in [1.29, 1.82) is 0 Å². The van der Waals surface area contributed by atoms with Crippen LogP contribution in [0.5, 0.6) is 5.75 Å². The van der Waals surface area contributed by atoms with Gasteiger partial charge in [0.1, 0.15) is 5.75 Å². The van der Waals surface area contributed by atoms with Gasteiger partial charge >= 0.3 is 0 Å². The van der Waals surface area contributed by atoms with Crippen LogP contribution in [0.15, 0.2) is 54.6 Å². The molecule has 112 valence electrons. The van der Waals surface area contributed by atoms with Crippen molar-refractivity contribution in [3.8, 4) is 16.9 Å². The molecular weight excluding hydrogens is 258 g/mol. The van der Waals surface area contributed by atoms with Crippen LogP contribution in [0.3, 0.4) is 0 Å². The van der Waals surface area contributed by atoms with E-state index in [4.69, 9.17) is 4.74 Å². The van der Waals surface area contributed by atoms with Crippen LogP contribution in [0.1, 0.15) is 26.7 Å². The number of benzene rings is 2. The maximum atomic E-state index is 5.78. The van der Waals surface area contributed by atoms with Gasteiger partial charge in [-0.05, 0) is 42.6 Å². The predicted octanol–water partition coefficient (Wildman–Crippen LogP) is 4.51. The summed E-state index contributed by atoms with van der Waals surface area (Å²) in [7, 11) is 0. The van der Waals surface area contributed by atoms with Crippen LogP contribution in [0.2, 0.25) is 0 Å². The van der Waals surface area contributed by atoms with E-state index < -0.39 is 0 Å². The summed E-state index contributed by atoms with van der Waals surface area (Å²) in [6.07, 6.45) is 2.24. The molecule has 2 heteroatoms. The molecule has 0 spiro atoms. The van der Waals surface area contributed by atoms with Gasteiger partial charge in [-0.3, -0.25) is 0 Å². The van der Waals surface area contributed by atoms with Gasteiger partial charge in [0.05, 0.1) is 6.61 Å². The maximum Gasteiger partial charge on any atom is 0.119 e. The summed E-state index contributed by atoms with van der Waals surface area (Å²) in [5, 5.41) is 3.41. The molecule has 0 aliphatic rings. The summed E-state index contributed by atoms with van der Waals surface area (Å²) < 4.78 is 5.78. The monoisotopic (exact) mass is 283 g/mol. The molecule has 0 atom stereocenters. The first-order valence-corrected chi connectivity index (χ1v) is 7.77. The van der Waals surface area contributed by atoms with Crippen molar-refractivity contribution in [3.63, 3.8) is 0 Å². The van der Waals surface area contributed by atoms with E-state index in [1.54, 1.807) is 0 Å². The Balaban J connectivity index is 1.73. The van der Waals surface area contributed by atoms with Crippen LogP contribution in [0, 0.1) is 0 Å². The third kappa shape index (κ3) is 5.60. The number of ether oxygens (including phenoxy) is 1. The molecule has 0 heterocycles. The smallest absolute Gasteiger partial charge is 0.119 e. The highest BCUT2D eigenvalue weighted by Gasteiger charge is 1.98. The fourth-order valence-corrected chi connectivity index (χ4v) is 2.18. The summed E-state index contributed by atoms with van der Waals surface area (Å²) in [4.78, 5) is 0. The van der Waals surface area contributed by atoms with Crippen LogP contribution in [-0.2, 0) is 0 Å². The first-order chi connectivity index (χ1) is 10.3. The lowest BCUT2D eigenvalue weighted by molar-refractivity contribution is 0.305. The van der Waals surface area contributed by atoms with E-state index in [1.807, 2.05) is 6.07 Å². The van der Waals surface area contributed by atoms with E-state index in [-0.39, 0.29) is 0 Å². The van der Waals surface area contributed by atoms with Gasteiger partial charge in [0.2, 0.25) is 0 Å². The van der Waals surface area contributed by atoms with E-state index in [9.17, 15) is 0 Å². The van der Waals surface area contributed by atoms with E-state index >= 15 is 0 Å². The van der Waals surface area contributed by atoms with Crippen LogP contribution >= 0.6 is 0 Å². The molecule has 0 radical (unpaired) electrons. The zero-order valence-electron chi connectivity index (χ0n) is 13.0. The normalized spacial score (nSPS) is 10.8. The molecule has 0 saturated carbocycles. The quantitative estimate of drug-likeness (QED) is 0.720. The van der Waals surface area contributed by atoms with Crippen LogP contribution in [-0.4, -0.2) is 19.2 Å². The molecule has 2 nitrogen and oxygen atoms in total. The average molecular weight is 283 g/mol. The molecule has 0 aliphatic carbocycles. The molecule has 0 aromatic heterocycles. The molecule has 0 amide bonds. The standard InChI is InChI=1S/C19H25NO/c1-16(2)20-14-6-7-15-21-19-12-10-18(11-13-19)17-8-4-3-5-9-17/h3-5,8-13,16,20H,6-7,14-15H2,1-2H3. The van der Waals surface area contributed by atoms with Crippen molar-refractivity contribution in [3.05, 3.63) is 54.6 Å². The predicted molar refractivity (Wildman–Crippen MR) is 89.7 cm³/mol. The Bertz CT molecular complexity index is 505. The van der Waals surface area contributed by atoms with Crippen molar-refractivity contribution >= 4 is 0 Å². The summed E-state index contributed by atoms with van der Waals surface area (Å²) in [6, 6.07) is 19.3. The van der Waals surface area contributed by atoms with Gasteiger partial charge in [0.25, 0.3) is 0 Å². The molecule has 0 fully saturated rings. The molecule has 21 heavy (non-hydrogen) atoms. The Kier molecular flexibility index (Phi) is 6.29. The van der Waals surface area contributed by atoms with E-state index in [1.165, 1.54) is 11.1 Å². The molecule has 2 rings (SSSR count). The number of nitrogens with one attached hydrogen (secondary N) is 1. The second-order valence-electron chi connectivity index (χ2n) is 5.55. The zero-order chi connectivity index (χ0) is 14.9. The van der Waals surface area contributed by atoms with Gasteiger partial charge in [-0.2, -0.15) is 0 Å². The van der Waals surface area contributed by atoms with Crippen molar-refractivity contribution in [1.82, 2.24) is 5.32 Å². The highest BCUT2D eigenvalue weighted by Crippen LogP contribution is 2.22. The molecule has 0 aliphatic heterocycles. The maximum absolute atomic E-state index is 5.78. The SMILES string of the molecule is CC(C)NCCCCOc1ccc(-c2ccccc2)cc1. The van der Waals surface area contributed by atoms with Crippen molar-refractivity contribution in [2.24, 2.45) is 0 Å². The third-order valence-corrected chi connectivity index (χ3v) is 3.35. The van der Waals surface area contributed by atoms with E-state index in [0.717, 1.165) is 31.7 Å². The Hall–Kier alpha value is -1.80. The fourth-order valence-electron chi connectivity index (χ4n) is 2.18. The molecule has 0 saturated heterocycles. The summed E-state index contributed by atoms with van der Waals surface area (Å²) in [6.45, 7) is 6.19. The average Bonchev–Trinajstić information content (AvgIpc) is 2.52. The van der Waals surface area contributed by atoms with E-state index in [2.05, 4.69) is 67.7 Å². The van der Waals surface area contributed by atoms with Gasteiger partial charge in [0, 0.05) is 6.04 Å². The first-order valence-electron chi connectivity index (χ1n) is 7.77. The molecular formula is C19H25NO. The lowest BCUT2D eigenvalue weighted by Gasteiger charge is -2.09. The Morgan fingerprint density at radius 3 is 2.19 bits per heavy atom. The molecule has 2 aromatic carbocycles. The molecule has 1 N–H and O–H groups in total. The molecule has 0 unspecified atom stereocenters. The third-order valence-electron chi connectivity index (χ3n) is 3.35. The number of hydrogen-bond acceptors (Lipinski definition) is 2. The van der Waals surface area contributed by atoms with Gasteiger partial charge in [-0.1, -0.05) is 56.3 Å². The summed E-state index contributed by atoms with van der Waals surface area (Å²) in [5.41, 5.74) is 2.47. The van der Waals surface area contributed by atoms with E-state index in [0.29, 0.717) is 6.04 Å². The fraction of sp³-hybridized carbons (Fsp3) is 0.368. The Labute approximate surface area is 128 Å². The van der Waals surface area contributed by atoms with Gasteiger partial charge in [0.15, 0.2) is 0 Å². The topological polar surface area (TPSA) is 21.3 Å². The Morgan fingerprint density at radius 1 is 0.857 bits per heavy atom. The lowest BCUT2D eigenvalue weighted by Crippen LogP contribution is -2.23. The van der Waals surface area contributed by atoms with Crippen LogP contribution < -0.4 is 10.1 Å². The van der Waals surface area contributed by atoms with Crippen molar-refractivity contribution < 1.29 is 4.74 Å². The largest absolute Gasteiger partial charge is 0.494 e. The lowest BCUT2D eigenvalue weighted by atomic mass is 10.1. The minimum atomic E-state index is 0.566. The number of unbranched alkanes of at least 4 members (excludes halogenated alkanes) is 1. The van der Waals surface area contributed by atoms with Crippen LogP contribution in [0.25, 0.3) is 11.1 Å². The Morgan fingerprint density at radius 2 is 1.52 bits per heavy atom. The minimum absolute atomic E-state index is 0.566. The minimum Gasteiger partial charge on any atom is -0.494 e. The van der Waals surface area contributed by atoms with Crippen molar-refractivity contribution in [2.75, 3.05) is 13.2 Å². The number of hydrogen-bond donors (Lipinski definition) is 1. The summed E-state index contributed by atoms with van der Waals surface area (Å²) >= 11 is 0. The van der Waals surface area contributed by atoms with Gasteiger partial charge in [-0.15, -0.1) is 0 Å². The van der Waals surface area contributed by atoms with Gasteiger partial charge < -0.3 is 10.1 Å². The van der Waals surface area contributed by atoms with Gasteiger partial charge in [-0.25, -0.2) is 0 Å². The highest BCUT2D eigenvalue weighted by atomic mass is 16.5. The number of rotatable bonds is 8. The zero-order valence-corrected chi connectivity index (χ0v) is 13.0. The second kappa shape index (κ2) is 8.48. The molecule has 2 aromatic rings. The second-order valence-corrected chi connectivity index (χ2v) is 5.55. The van der Waals surface area contributed by atoms with Crippen LogP contribution in [0.4, 0.5) is 0 Å².